The molecule has 0 saturated carbocycles. The number of hydrogen-bond acceptors (Lipinski definition) is 7. The lowest BCUT2D eigenvalue weighted by atomic mass is 9.94. The molecule has 0 bridgehead atoms. The summed E-state index contributed by atoms with van der Waals surface area (Å²) in [6.07, 6.45) is -0.0427. The minimum atomic E-state index is -0.775. The Hall–Kier alpha value is -3.52. The van der Waals surface area contributed by atoms with E-state index in [0.717, 1.165) is 0 Å². The predicted octanol–water partition coefficient (Wildman–Crippen LogP) is 3.47. The number of likely N-dealkylation sites (N-methyl/N-ethyl adjacent to an activating group) is 1. The Bertz CT molecular complexity index is 1090. The van der Waals surface area contributed by atoms with Gasteiger partial charge in [-0.05, 0) is 57.8 Å². The van der Waals surface area contributed by atoms with Crippen LogP contribution in [0.4, 0.5) is 0 Å². The van der Waals surface area contributed by atoms with Crippen molar-refractivity contribution in [2.75, 3.05) is 41.4 Å². The molecule has 1 unspecified atom stereocenters. The molecule has 1 aliphatic heterocycles. The fourth-order valence-corrected chi connectivity index (χ4v) is 3.93. The van der Waals surface area contributed by atoms with Crippen LogP contribution in [-0.2, 0) is 9.59 Å². The quantitative estimate of drug-likeness (QED) is 0.342. The number of likely N-dealkylation sites (tertiary alicyclic amines) is 1. The summed E-state index contributed by atoms with van der Waals surface area (Å²) < 4.78 is 16.5. The molecule has 1 N–H and O–H groups in total. The summed E-state index contributed by atoms with van der Waals surface area (Å²) in [4.78, 5) is 29.8. The van der Waals surface area contributed by atoms with Crippen LogP contribution in [0.2, 0.25) is 0 Å². The molecule has 0 spiro atoms. The number of carbonyl (C=O) groups excluding carboxylic acids is 2. The minimum Gasteiger partial charge on any atom is -0.507 e. The summed E-state index contributed by atoms with van der Waals surface area (Å²) in [5.74, 6) is -0.217. The van der Waals surface area contributed by atoms with Gasteiger partial charge >= 0.3 is 0 Å². The molecule has 34 heavy (non-hydrogen) atoms. The van der Waals surface area contributed by atoms with Crippen LogP contribution in [0.5, 0.6) is 17.2 Å². The molecule has 0 radical (unpaired) electrons. The second kappa shape index (κ2) is 10.6. The summed E-state index contributed by atoms with van der Waals surface area (Å²) in [6.45, 7) is 4.71. The van der Waals surface area contributed by atoms with E-state index in [2.05, 4.69) is 0 Å². The molecule has 3 rings (SSSR count). The van der Waals surface area contributed by atoms with Gasteiger partial charge in [0.25, 0.3) is 11.7 Å². The topological polar surface area (TPSA) is 88.5 Å². The molecule has 182 valence electrons. The van der Waals surface area contributed by atoms with E-state index in [-0.39, 0.29) is 17.4 Å². The van der Waals surface area contributed by atoms with Crippen LogP contribution in [0.25, 0.3) is 5.76 Å². The number of aliphatic hydroxyl groups is 1. The zero-order chi connectivity index (χ0) is 25.0. The molecule has 8 nitrogen and oxygen atoms in total. The van der Waals surface area contributed by atoms with Gasteiger partial charge in [-0.1, -0.05) is 12.1 Å². The number of ether oxygens (including phenoxy) is 3. The Kier molecular flexibility index (Phi) is 7.83. The Labute approximate surface area is 200 Å². The smallest absolute Gasteiger partial charge is 0.295 e. The molecular weight excluding hydrogens is 436 g/mol. The van der Waals surface area contributed by atoms with E-state index < -0.39 is 17.7 Å². The summed E-state index contributed by atoms with van der Waals surface area (Å²) in [7, 11) is 6.78. The fourth-order valence-electron chi connectivity index (χ4n) is 3.93. The molecule has 8 heteroatoms. The third-order valence-corrected chi connectivity index (χ3v) is 5.54. The summed E-state index contributed by atoms with van der Waals surface area (Å²) in [6, 6.07) is 11.4. The molecule has 1 aliphatic rings. The minimum absolute atomic E-state index is 0.00826. The lowest BCUT2D eigenvalue weighted by Gasteiger charge is -2.27. The molecule has 2 aromatic rings. The number of aliphatic hydroxyl groups excluding tert-OH is 1. The average molecular weight is 469 g/mol. The van der Waals surface area contributed by atoms with E-state index in [1.165, 1.54) is 19.1 Å². The van der Waals surface area contributed by atoms with Crippen LogP contribution in [0, 0.1) is 0 Å². The fraction of sp³-hybridized carbons (Fsp3) is 0.385. The van der Waals surface area contributed by atoms with Crippen molar-refractivity contribution in [1.29, 1.82) is 0 Å². The largest absolute Gasteiger partial charge is 0.507 e. The molecule has 1 atom stereocenters. The Morgan fingerprint density at radius 3 is 2.41 bits per heavy atom. The molecule has 1 fully saturated rings. The van der Waals surface area contributed by atoms with Crippen molar-refractivity contribution in [3.63, 3.8) is 0 Å². The van der Waals surface area contributed by atoms with Crippen LogP contribution in [-0.4, -0.2) is 74.1 Å². The van der Waals surface area contributed by atoms with Crippen LogP contribution in [0.3, 0.4) is 0 Å². The van der Waals surface area contributed by atoms with E-state index in [1.807, 2.05) is 51.0 Å². The van der Waals surface area contributed by atoms with Gasteiger partial charge < -0.3 is 29.1 Å². The summed E-state index contributed by atoms with van der Waals surface area (Å²) in [5, 5.41) is 11.3. The molecule has 1 saturated heterocycles. The number of methoxy groups -OCH3 is 2. The second-order valence-corrected chi connectivity index (χ2v) is 8.60. The predicted molar refractivity (Wildman–Crippen MR) is 129 cm³/mol. The van der Waals surface area contributed by atoms with Gasteiger partial charge in [0, 0.05) is 19.2 Å². The van der Waals surface area contributed by atoms with Crippen molar-refractivity contribution >= 4 is 17.4 Å². The first kappa shape index (κ1) is 25.1. The van der Waals surface area contributed by atoms with Gasteiger partial charge in [-0.3, -0.25) is 9.59 Å². The molecule has 1 heterocycles. The van der Waals surface area contributed by atoms with Crippen molar-refractivity contribution in [3.8, 4) is 17.2 Å². The van der Waals surface area contributed by atoms with Gasteiger partial charge in [0.1, 0.15) is 23.0 Å². The van der Waals surface area contributed by atoms with Crippen molar-refractivity contribution in [2.45, 2.75) is 26.0 Å². The van der Waals surface area contributed by atoms with Crippen LogP contribution in [0.1, 0.15) is 31.0 Å². The first-order valence-electron chi connectivity index (χ1n) is 11.1. The van der Waals surface area contributed by atoms with Crippen LogP contribution >= 0.6 is 0 Å². The maximum atomic E-state index is 13.2. The Morgan fingerprint density at radius 1 is 1.06 bits per heavy atom. The van der Waals surface area contributed by atoms with Gasteiger partial charge in [0.2, 0.25) is 0 Å². The third-order valence-electron chi connectivity index (χ3n) is 5.54. The number of ketones is 1. The molecule has 1 amide bonds. The number of hydrogen-bond donors (Lipinski definition) is 1. The normalized spacial score (nSPS) is 17.5. The first-order valence-corrected chi connectivity index (χ1v) is 11.1. The highest BCUT2D eigenvalue weighted by atomic mass is 16.5. The van der Waals surface area contributed by atoms with Crippen molar-refractivity contribution in [3.05, 3.63) is 59.2 Å². The highest BCUT2D eigenvalue weighted by Crippen LogP contribution is 2.42. The van der Waals surface area contributed by atoms with Crippen LogP contribution in [0.15, 0.2) is 48.0 Å². The lowest BCUT2D eigenvalue weighted by molar-refractivity contribution is -0.140. The molecule has 2 aromatic carbocycles. The van der Waals surface area contributed by atoms with Crippen molar-refractivity contribution in [2.24, 2.45) is 0 Å². The van der Waals surface area contributed by atoms with Gasteiger partial charge in [-0.15, -0.1) is 0 Å². The second-order valence-electron chi connectivity index (χ2n) is 8.60. The molecular formula is C26H32N2O6. The van der Waals surface area contributed by atoms with Gasteiger partial charge in [0.15, 0.2) is 0 Å². The lowest BCUT2D eigenvalue weighted by Crippen LogP contribution is -2.35. The SMILES string of the molecule is COc1ccc(/C(O)=C2/C(=O)C(=O)N(CCN(C)C)C2c2cccc(OC(C)C)c2)c(OC)c1. The van der Waals surface area contributed by atoms with Gasteiger partial charge in [-0.2, -0.15) is 0 Å². The Morgan fingerprint density at radius 2 is 1.79 bits per heavy atom. The van der Waals surface area contributed by atoms with E-state index >= 15 is 0 Å². The number of benzene rings is 2. The molecule has 0 aliphatic carbocycles. The number of rotatable bonds is 9. The molecule has 0 aromatic heterocycles. The number of carbonyl (C=O) groups is 2. The highest BCUT2D eigenvalue weighted by Gasteiger charge is 2.46. The maximum Gasteiger partial charge on any atom is 0.295 e. The number of nitrogens with zero attached hydrogens (tertiary/aromatic N) is 2. The van der Waals surface area contributed by atoms with E-state index in [9.17, 15) is 14.7 Å². The van der Waals surface area contributed by atoms with Gasteiger partial charge in [-0.25, -0.2) is 0 Å². The first-order chi connectivity index (χ1) is 16.2. The van der Waals surface area contributed by atoms with Crippen molar-refractivity contribution < 1.29 is 28.9 Å². The van der Waals surface area contributed by atoms with Crippen LogP contribution < -0.4 is 14.2 Å². The van der Waals surface area contributed by atoms with E-state index in [0.29, 0.717) is 41.5 Å². The van der Waals surface area contributed by atoms with E-state index in [4.69, 9.17) is 14.2 Å². The third kappa shape index (κ3) is 5.17. The number of amides is 1. The Balaban J connectivity index is 2.19. The number of Topliss-reactive ketones (excluding diaryl/α,β-unsaturated/α-hetero) is 1. The van der Waals surface area contributed by atoms with Gasteiger partial charge in [0.05, 0.1) is 37.5 Å². The highest BCUT2D eigenvalue weighted by molar-refractivity contribution is 6.46. The maximum absolute atomic E-state index is 13.2. The average Bonchev–Trinajstić information content (AvgIpc) is 3.06. The monoisotopic (exact) mass is 468 g/mol. The summed E-state index contributed by atoms with van der Waals surface area (Å²) >= 11 is 0. The zero-order valence-corrected chi connectivity index (χ0v) is 20.5. The standard InChI is InChI=1S/C26H32N2O6/c1-16(2)34-19-9-7-8-17(14-19)23-22(25(30)26(31)28(23)13-12-27(3)4)24(29)20-11-10-18(32-5)15-21(20)33-6/h7-11,14-16,23,29H,12-13H2,1-6H3/b24-22-. The zero-order valence-electron chi connectivity index (χ0n) is 20.5. The summed E-state index contributed by atoms with van der Waals surface area (Å²) in [5.41, 5.74) is 0.979. The van der Waals surface area contributed by atoms with E-state index in [1.54, 1.807) is 24.3 Å². The van der Waals surface area contributed by atoms with Crippen molar-refractivity contribution in [1.82, 2.24) is 9.80 Å².